The van der Waals surface area contributed by atoms with Crippen molar-refractivity contribution in [1.29, 1.82) is 0 Å². The van der Waals surface area contributed by atoms with Gasteiger partial charge in [-0.1, -0.05) is 42.5 Å². The minimum atomic E-state index is -1.22. The Kier molecular flexibility index (Phi) is 12.1. The summed E-state index contributed by atoms with van der Waals surface area (Å²) in [5.41, 5.74) is 0.0895. The number of fused-ring (bicyclic) bond motifs is 1. The van der Waals surface area contributed by atoms with E-state index >= 15 is 0 Å². The molecule has 0 saturated carbocycles. The summed E-state index contributed by atoms with van der Waals surface area (Å²) >= 11 is 0. The number of anilines is 1. The Morgan fingerprint density at radius 2 is 1.84 bits per heavy atom. The molecule has 50 heavy (non-hydrogen) atoms. The van der Waals surface area contributed by atoms with E-state index in [2.05, 4.69) is 18.5 Å². The molecule has 3 aliphatic heterocycles. The molecule has 2 aromatic carbocycles. The molecule has 3 fully saturated rings. The van der Waals surface area contributed by atoms with Crippen LogP contribution in [0, 0.1) is 11.8 Å². The number of rotatable bonds is 18. The van der Waals surface area contributed by atoms with E-state index in [-0.39, 0.29) is 43.8 Å². The maximum Gasteiger partial charge on any atom is 0.313 e. The fourth-order valence-corrected chi connectivity index (χ4v) is 7.81. The van der Waals surface area contributed by atoms with Crippen molar-refractivity contribution in [3.05, 3.63) is 85.5 Å². The highest BCUT2D eigenvalue weighted by Crippen LogP contribution is 2.59. The lowest BCUT2D eigenvalue weighted by Crippen LogP contribution is -2.56. The fraction of sp³-hybridized carbons (Fsp3) is 0.487. The van der Waals surface area contributed by atoms with E-state index in [1.807, 2.05) is 30.3 Å². The number of allylic oxidation sites excluding steroid dienone is 1. The summed E-state index contributed by atoms with van der Waals surface area (Å²) in [6.45, 7) is 9.83. The SMILES string of the molecule is C=CCCC(=O)N[C@@H](C)[C@H](OC(=O)[C@@H]1[C@H]2C(=O)N(CCCCCO)[C@H](C(=O)N(CC=C)c3ccc(OC)cc3)[C@]23CC[C@H]1O3)c1ccccc1. The summed E-state index contributed by atoms with van der Waals surface area (Å²) in [6.07, 6.45) is 5.36. The Labute approximate surface area is 294 Å². The average Bonchev–Trinajstić information content (AvgIpc) is 3.77. The molecular weight excluding hydrogens is 638 g/mol. The van der Waals surface area contributed by atoms with Gasteiger partial charge in [-0.25, -0.2) is 0 Å². The number of likely N-dealkylation sites (tertiary alicyclic amines) is 1. The highest BCUT2D eigenvalue weighted by atomic mass is 16.6. The third kappa shape index (κ3) is 7.34. The van der Waals surface area contributed by atoms with Gasteiger partial charge in [0.05, 0.1) is 31.1 Å². The van der Waals surface area contributed by atoms with Crippen LogP contribution in [-0.2, 0) is 28.7 Å². The van der Waals surface area contributed by atoms with Crippen LogP contribution in [0.4, 0.5) is 5.69 Å². The van der Waals surface area contributed by atoms with Gasteiger partial charge in [-0.3, -0.25) is 19.2 Å². The van der Waals surface area contributed by atoms with Gasteiger partial charge in [-0.05, 0) is 75.3 Å². The van der Waals surface area contributed by atoms with Crippen molar-refractivity contribution >= 4 is 29.4 Å². The molecule has 2 N–H and O–H groups in total. The smallest absolute Gasteiger partial charge is 0.313 e. The van der Waals surface area contributed by atoms with E-state index in [0.29, 0.717) is 55.5 Å². The second kappa shape index (κ2) is 16.5. The first-order chi connectivity index (χ1) is 24.2. The Morgan fingerprint density at radius 1 is 1.10 bits per heavy atom. The van der Waals surface area contributed by atoms with Crippen molar-refractivity contribution in [2.75, 3.05) is 31.7 Å². The number of benzene rings is 2. The molecule has 3 saturated heterocycles. The van der Waals surface area contributed by atoms with Gasteiger partial charge in [0.25, 0.3) is 5.91 Å². The number of methoxy groups -OCH3 is 1. The van der Waals surface area contributed by atoms with Crippen LogP contribution in [0.2, 0.25) is 0 Å². The van der Waals surface area contributed by atoms with Crippen LogP contribution < -0.4 is 15.0 Å². The van der Waals surface area contributed by atoms with Crippen LogP contribution in [0.3, 0.4) is 0 Å². The van der Waals surface area contributed by atoms with Crippen LogP contribution >= 0.6 is 0 Å². The van der Waals surface area contributed by atoms with E-state index < -0.39 is 47.7 Å². The lowest BCUT2D eigenvalue weighted by Gasteiger charge is -2.37. The Morgan fingerprint density at radius 3 is 2.50 bits per heavy atom. The highest BCUT2D eigenvalue weighted by Gasteiger charge is 2.75. The van der Waals surface area contributed by atoms with Crippen molar-refractivity contribution in [3.8, 4) is 5.75 Å². The predicted molar refractivity (Wildman–Crippen MR) is 188 cm³/mol. The number of carbonyl (C=O) groups is 4. The van der Waals surface area contributed by atoms with Gasteiger partial charge in [0, 0.05) is 31.8 Å². The summed E-state index contributed by atoms with van der Waals surface area (Å²) in [5.74, 6) is -2.64. The van der Waals surface area contributed by atoms with Crippen LogP contribution in [0.5, 0.6) is 5.75 Å². The molecule has 3 amide bonds. The second-order valence-corrected chi connectivity index (χ2v) is 13.3. The Bertz CT molecular complexity index is 1530. The number of amides is 3. The first-order valence-electron chi connectivity index (χ1n) is 17.5. The number of ether oxygens (including phenoxy) is 3. The molecular formula is C39H49N3O8. The Balaban J connectivity index is 1.46. The minimum absolute atomic E-state index is 0.0296. The van der Waals surface area contributed by atoms with Crippen molar-refractivity contribution in [2.24, 2.45) is 11.8 Å². The van der Waals surface area contributed by atoms with E-state index in [1.165, 1.54) is 0 Å². The molecule has 268 valence electrons. The molecule has 11 nitrogen and oxygen atoms in total. The molecule has 7 atom stereocenters. The van der Waals surface area contributed by atoms with Gasteiger partial charge in [0.15, 0.2) is 0 Å². The first kappa shape index (κ1) is 36.8. The Hall–Kier alpha value is -4.48. The quantitative estimate of drug-likeness (QED) is 0.133. The molecule has 3 heterocycles. The van der Waals surface area contributed by atoms with E-state index in [1.54, 1.807) is 60.3 Å². The second-order valence-electron chi connectivity index (χ2n) is 13.3. The van der Waals surface area contributed by atoms with Gasteiger partial charge in [0.1, 0.15) is 23.5 Å². The van der Waals surface area contributed by atoms with Gasteiger partial charge in [-0.2, -0.15) is 0 Å². The zero-order chi connectivity index (χ0) is 35.8. The summed E-state index contributed by atoms with van der Waals surface area (Å²) in [7, 11) is 1.57. The van der Waals surface area contributed by atoms with Crippen LogP contribution in [-0.4, -0.2) is 84.3 Å². The summed E-state index contributed by atoms with van der Waals surface area (Å²) in [4.78, 5) is 59.4. The third-order valence-corrected chi connectivity index (χ3v) is 10.1. The number of nitrogens with one attached hydrogen (secondary N) is 1. The molecule has 0 unspecified atom stereocenters. The normalized spacial score (nSPS) is 24.6. The molecule has 0 aromatic heterocycles. The molecule has 0 aliphatic carbocycles. The molecule has 5 rings (SSSR count). The van der Waals surface area contributed by atoms with E-state index in [0.717, 1.165) is 0 Å². The van der Waals surface area contributed by atoms with Crippen LogP contribution in [0.15, 0.2) is 79.9 Å². The maximum atomic E-state index is 14.7. The van der Waals surface area contributed by atoms with Crippen molar-refractivity contribution in [2.45, 2.75) is 81.8 Å². The van der Waals surface area contributed by atoms with Crippen molar-refractivity contribution < 1.29 is 38.5 Å². The zero-order valence-electron chi connectivity index (χ0n) is 29.0. The first-order valence-corrected chi connectivity index (χ1v) is 17.5. The summed E-state index contributed by atoms with van der Waals surface area (Å²) in [5, 5.41) is 12.3. The lowest BCUT2D eigenvalue weighted by molar-refractivity contribution is -0.162. The molecule has 0 radical (unpaired) electrons. The standard InChI is InChI=1S/C39H49N3O8/c1-5-7-16-31(44)40-26(3)34(27-14-10-8-11-15-27)49-38(47)32-30-21-22-39(50-30)33(32)36(45)42(24-12-9-13-25-43)35(39)37(46)41(23-6-2)28-17-19-29(48-4)20-18-28/h5-6,8,10-11,14-15,17-20,26,30,32-35,43H,1-2,7,9,12-13,16,21-25H2,3-4H3,(H,40,44)/t26-,30+,32-,33-,34-,35+,39-/m0/s1. The highest BCUT2D eigenvalue weighted by molar-refractivity contribution is 6.04. The van der Waals surface area contributed by atoms with Gasteiger partial charge < -0.3 is 34.4 Å². The number of aliphatic hydroxyl groups excluding tert-OH is 1. The largest absolute Gasteiger partial charge is 0.497 e. The van der Waals surface area contributed by atoms with Gasteiger partial charge >= 0.3 is 5.97 Å². The van der Waals surface area contributed by atoms with Crippen molar-refractivity contribution in [1.82, 2.24) is 10.2 Å². The number of nitrogens with zero attached hydrogens (tertiary/aromatic N) is 2. The minimum Gasteiger partial charge on any atom is -0.497 e. The number of hydrogen-bond donors (Lipinski definition) is 2. The zero-order valence-corrected chi connectivity index (χ0v) is 29.0. The fourth-order valence-electron chi connectivity index (χ4n) is 7.81. The van der Waals surface area contributed by atoms with Crippen LogP contribution in [0.25, 0.3) is 0 Å². The van der Waals surface area contributed by atoms with Crippen LogP contribution in [0.1, 0.15) is 63.5 Å². The number of hydrogen-bond acceptors (Lipinski definition) is 8. The number of aliphatic hydroxyl groups is 1. The van der Waals surface area contributed by atoms with E-state index in [4.69, 9.17) is 14.2 Å². The summed E-state index contributed by atoms with van der Waals surface area (Å²) in [6, 6.07) is 14.7. The van der Waals surface area contributed by atoms with Crippen molar-refractivity contribution in [3.63, 3.8) is 0 Å². The average molecular weight is 688 g/mol. The molecule has 3 aliphatic rings. The number of carbonyl (C=O) groups excluding carboxylic acids is 4. The van der Waals surface area contributed by atoms with Gasteiger partial charge in [-0.15, -0.1) is 13.2 Å². The number of esters is 1. The molecule has 2 aromatic rings. The topological polar surface area (TPSA) is 135 Å². The van der Waals surface area contributed by atoms with E-state index in [9.17, 15) is 24.3 Å². The monoisotopic (exact) mass is 687 g/mol. The molecule has 2 bridgehead atoms. The number of unbranched alkanes of at least 4 members (excludes halogenated alkanes) is 2. The predicted octanol–water partition coefficient (Wildman–Crippen LogP) is 4.51. The molecule has 11 heteroatoms. The van der Waals surface area contributed by atoms with Gasteiger partial charge in [0.2, 0.25) is 11.8 Å². The lowest BCUT2D eigenvalue weighted by atomic mass is 9.70. The third-order valence-electron chi connectivity index (χ3n) is 10.1. The molecule has 1 spiro atoms. The maximum absolute atomic E-state index is 14.7. The summed E-state index contributed by atoms with van der Waals surface area (Å²) < 4.78 is 18.2.